The average Bonchev–Trinajstić information content (AvgIpc) is 3.28. The molecule has 0 aliphatic heterocycles. The van der Waals surface area contributed by atoms with Gasteiger partial charge in [0.15, 0.2) is 0 Å². The summed E-state index contributed by atoms with van der Waals surface area (Å²) in [4.78, 5) is 37.7. The molecule has 0 aromatic heterocycles. The van der Waals surface area contributed by atoms with Crippen molar-refractivity contribution in [3.63, 3.8) is 0 Å². The summed E-state index contributed by atoms with van der Waals surface area (Å²) in [5.41, 5.74) is 2.02. The summed E-state index contributed by atoms with van der Waals surface area (Å²) in [6.45, 7) is 3.82. The summed E-state index contributed by atoms with van der Waals surface area (Å²) in [5, 5.41) is 14.9. The van der Waals surface area contributed by atoms with Crippen LogP contribution in [0.4, 0.5) is 0 Å². The third kappa shape index (κ3) is 6.63. The second-order valence-corrected chi connectivity index (χ2v) is 10.1. The monoisotopic (exact) mass is 482 g/mol. The van der Waals surface area contributed by atoms with E-state index in [9.17, 15) is 19.5 Å². The molecule has 3 N–H and O–H groups in total. The number of thiol groups is 1. The van der Waals surface area contributed by atoms with E-state index < -0.39 is 22.8 Å². The Hall–Kier alpha value is -2.80. The van der Waals surface area contributed by atoms with Crippen LogP contribution in [0, 0.1) is 5.92 Å². The summed E-state index contributed by atoms with van der Waals surface area (Å²) in [5.74, 6) is -1.53. The fourth-order valence-electron chi connectivity index (χ4n) is 4.50. The number of carboxylic acids is 1. The minimum absolute atomic E-state index is 0.0292. The van der Waals surface area contributed by atoms with Gasteiger partial charge in [-0.15, -0.1) is 0 Å². The SMILES string of the molecule is CC(C)C(S)C(=O)NC1(C(=O)NC(CC(=O)O)Cc2cccc(-c3ccccc3)c2)CCCC1. The van der Waals surface area contributed by atoms with Crippen LogP contribution < -0.4 is 10.6 Å². The molecule has 182 valence electrons. The number of carboxylic acid groups (broad SMARTS) is 1. The Kier molecular flexibility index (Phi) is 8.78. The predicted octanol–water partition coefficient (Wildman–Crippen LogP) is 4.24. The molecule has 1 saturated carbocycles. The maximum absolute atomic E-state index is 13.4. The van der Waals surface area contributed by atoms with Crippen molar-refractivity contribution in [2.45, 2.75) is 69.2 Å². The molecule has 0 heterocycles. The lowest BCUT2D eigenvalue weighted by Gasteiger charge is -2.32. The summed E-state index contributed by atoms with van der Waals surface area (Å²) in [7, 11) is 0. The van der Waals surface area contributed by atoms with Gasteiger partial charge in [-0.25, -0.2) is 0 Å². The van der Waals surface area contributed by atoms with Crippen molar-refractivity contribution in [2.24, 2.45) is 5.92 Å². The van der Waals surface area contributed by atoms with Gasteiger partial charge in [-0.05, 0) is 41.9 Å². The van der Waals surface area contributed by atoms with Crippen LogP contribution in [0.15, 0.2) is 54.6 Å². The highest BCUT2D eigenvalue weighted by Crippen LogP contribution is 2.31. The topological polar surface area (TPSA) is 95.5 Å². The third-order valence-corrected chi connectivity index (χ3v) is 7.26. The number of carbonyl (C=O) groups is 3. The fraction of sp³-hybridized carbons (Fsp3) is 0.444. The van der Waals surface area contributed by atoms with Crippen LogP contribution in [0.25, 0.3) is 11.1 Å². The van der Waals surface area contributed by atoms with Gasteiger partial charge < -0.3 is 15.7 Å². The second-order valence-electron chi connectivity index (χ2n) is 9.51. The van der Waals surface area contributed by atoms with Crippen molar-refractivity contribution in [1.29, 1.82) is 0 Å². The molecule has 1 fully saturated rings. The number of rotatable bonds is 10. The van der Waals surface area contributed by atoms with E-state index in [4.69, 9.17) is 0 Å². The van der Waals surface area contributed by atoms with Gasteiger partial charge in [0, 0.05) is 6.04 Å². The molecule has 2 aromatic carbocycles. The van der Waals surface area contributed by atoms with Gasteiger partial charge in [0.05, 0.1) is 11.7 Å². The van der Waals surface area contributed by atoms with E-state index in [2.05, 4.69) is 23.3 Å². The van der Waals surface area contributed by atoms with Crippen molar-refractivity contribution >= 4 is 30.4 Å². The Bertz CT molecular complexity index is 1000. The fourth-order valence-corrected chi connectivity index (χ4v) is 4.57. The molecule has 2 unspecified atom stereocenters. The lowest BCUT2D eigenvalue weighted by molar-refractivity contribution is -0.138. The zero-order chi connectivity index (χ0) is 24.7. The first kappa shape index (κ1) is 25.8. The van der Waals surface area contributed by atoms with E-state index in [1.807, 2.05) is 68.4 Å². The number of nitrogens with one attached hydrogen (secondary N) is 2. The lowest BCUT2D eigenvalue weighted by Crippen LogP contribution is -2.60. The number of carbonyl (C=O) groups excluding carboxylic acids is 2. The van der Waals surface area contributed by atoms with Gasteiger partial charge >= 0.3 is 5.97 Å². The number of benzene rings is 2. The first-order chi connectivity index (χ1) is 16.2. The standard InChI is InChI=1S/C27H34N2O4S/c1-18(2)24(34)25(32)29-27(13-6-7-14-27)26(33)28-22(17-23(30)31)16-19-9-8-12-21(15-19)20-10-4-3-5-11-20/h3-5,8-12,15,18,22,24,34H,6-7,13-14,16-17H2,1-2H3,(H,28,33)(H,29,32)(H,30,31). The van der Waals surface area contributed by atoms with E-state index in [1.54, 1.807) is 0 Å². The highest BCUT2D eigenvalue weighted by molar-refractivity contribution is 7.81. The molecule has 0 spiro atoms. The van der Waals surface area contributed by atoms with Crippen LogP contribution in [0.5, 0.6) is 0 Å². The smallest absolute Gasteiger partial charge is 0.305 e. The Morgan fingerprint density at radius 2 is 1.65 bits per heavy atom. The molecule has 34 heavy (non-hydrogen) atoms. The van der Waals surface area contributed by atoms with Gasteiger partial charge in [-0.1, -0.05) is 81.3 Å². The zero-order valence-electron chi connectivity index (χ0n) is 19.8. The van der Waals surface area contributed by atoms with Gasteiger partial charge in [0.25, 0.3) is 0 Å². The molecule has 2 atom stereocenters. The Labute approximate surface area is 206 Å². The van der Waals surface area contributed by atoms with E-state index >= 15 is 0 Å². The maximum atomic E-state index is 13.4. The quantitative estimate of drug-likeness (QED) is 0.381. The van der Waals surface area contributed by atoms with E-state index in [1.165, 1.54) is 0 Å². The molecule has 2 amide bonds. The Morgan fingerprint density at radius 3 is 2.26 bits per heavy atom. The summed E-state index contributed by atoms with van der Waals surface area (Å²) < 4.78 is 0. The Morgan fingerprint density at radius 1 is 1.00 bits per heavy atom. The highest BCUT2D eigenvalue weighted by Gasteiger charge is 2.44. The summed E-state index contributed by atoms with van der Waals surface area (Å²) in [6.07, 6.45) is 2.90. The molecule has 0 bridgehead atoms. The molecule has 1 aliphatic carbocycles. The predicted molar refractivity (Wildman–Crippen MR) is 137 cm³/mol. The van der Waals surface area contributed by atoms with Gasteiger partial charge in [0.1, 0.15) is 5.54 Å². The van der Waals surface area contributed by atoms with Crippen LogP contribution >= 0.6 is 12.6 Å². The third-order valence-electron chi connectivity index (χ3n) is 6.43. The van der Waals surface area contributed by atoms with Gasteiger partial charge in [-0.2, -0.15) is 12.6 Å². The van der Waals surface area contributed by atoms with E-state index in [-0.39, 0.29) is 24.2 Å². The summed E-state index contributed by atoms with van der Waals surface area (Å²) in [6, 6.07) is 17.3. The lowest BCUT2D eigenvalue weighted by atomic mass is 9.93. The van der Waals surface area contributed by atoms with Crippen LogP contribution in [0.1, 0.15) is 51.5 Å². The zero-order valence-corrected chi connectivity index (χ0v) is 20.7. The largest absolute Gasteiger partial charge is 0.481 e. The van der Waals surface area contributed by atoms with Crippen LogP contribution in [0.3, 0.4) is 0 Å². The molecule has 2 aromatic rings. The van der Waals surface area contributed by atoms with E-state index in [0.29, 0.717) is 19.3 Å². The number of hydrogen-bond acceptors (Lipinski definition) is 4. The van der Waals surface area contributed by atoms with Crippen LogP contribution in [-0.2, 0) is 20.8 Å². The molecule has 6 nitrogen and oxygen atoms in total. The van der Waals surface area contributed by atoms with Crippen molar-refractivity contribution in [3.8, 4) is 11.1 Å². The molecule has 7 heteroatoms. The van der Waals surface area contributed by atoms with Gasteiger partial charge in [0.2, 0.25) is 11.8 Å². The van der Waals surface area contributed by atoms with Crippen molar-refractivity contribution in [1.82, 2.24) is 10.6 Å². The minimum atomic E-state index is -1.02. The Balaban J connectivity index is 1.77. The second kappa shape index (κ2) is 11.6. The van der Waals surface area contributed by atoms with Crippen molar-refractivity contribution < 1.29 is 19.5 Å². The first-order valence-corrected chi connectivity index (χ1v) is 12.4. The molecular formula is C27H34N2O4S. The highest BCUT2D eigenvalue weighted by atomic mass is 32.1. The molecule has 0 radical (unpaired) electrons. The number of aliphatic carboxylic acids is 1. The van der Waals surface area contributed by atoms with Gasteiger partial charge in [-0.3, -0.25) is 14.4 Å². The average molecular weight is 483 g/mol. The molecular weight excluding hydrogens is 448 g/mol. The van der Waals surface area contributed by atoms with Crippen LogP contribution in [0.2, 0.25) is 0 Å². The van der Waals surface area contributed by atoms with Crippen molar-refractivity contribution in [2.75, 3.05) is 0 Å². The maximum Gasteiger partial charge on any atom is 0.305 e. The first-order valence-electron chi connectivity index (χ1n) is 11.9. The van der Waals surface area contributed by atoms with Crippen molar-refractivity contribution in [3.05, 3.63) is 60.2 Å². The number of amides is 2. The molecule has 3 rings (SSSR count). The molecule has 0 saturated heterocycles. The normalized spacial score (nSPS) is 16.6. The summed E-state index contributed by atoms with van der Waals surface area (Å²) >= 11 is 4.40. The van der Waals surface area contributed by atoms with E-state index in [0.717, 1.165) is 29.5 Å². The van der Waals surface area contributed by atoms with Crippen LogP contribution in [-0.4, -0.2) is 39.7 Å². The molecule has 1 aliphatic rings. The minimum Gasteiger partial charge on any atom is -0.481 e. The number of hydrogen-bond donors (Lipinski definition) is 4.